The molecule has 0 amide bonds. The van der Waals surface area contributed by atoms with Gasteiger partial charge in [0.25, 0.3) is 0 Å². The largest absolute Gasteiger partial charge is 0.486 e. The van der Waals surface area contributed by atoms with Gasteiger partial charge in [-0.15, -0.1) is 0 Å². The van der Waals surface area contributed by atoms with E-state index >= 15 is 0 Å². The van der Waals surface area contributed by atoms with Gasteiger partial charge in [0, 0.05) is 0 Å². The maximum Gasteiger partial charge on any atom is 0.138 e. The Balaban J connectivity index is 2.12. The maximum absolute atomic E-state index is 9.64. The highest BCUT2D eigenvalue weighted by Crippen LogP contribution is 2.30. The van der Waals surface area contributed by atoms with Crippen molar-refractivity contribution < 1.29 is 9.84 Å². The Morgan fingerprint density at radius 3 is 2.87 bits per heavy atom. The topological polar surface area (TPSA) is 29.5 Å². The first-order chi connectivity index (χ1) is 7.16. The van der Waals surface area contributed by atoms with E-state index in [0.717, 1.165) is 24.8 Å². The molecular weight excluding hydrogens is 212 g/mol. The smallest absolute Gasteiger partial charge is 0.138 e. The van der Waals surface area contributed by atoms with Crippen LogP contribution in [0.4, 0.5) is 0 Å². The van der Waals surface area contributed by atoms with Gasteiger partial charge in [-0.1, -0.05) is 17.7 Å². The predicted octanol–water partition coefficient (Wildman–Crippen LogP) is 2.94. The number of ether oxygens (including phenoxy) is 1. The van der Waals surface area contributed by atoms with Gasteiger partial charge in [0.1, 0.15) is 11.9 Å². The molecular formula is C12H15ClO2. The van der Waals surface area contributed by atoms with Gasteiger partial charge in [-0.3, -0.25) is 0 Å². The number of aliphatic hydroxyl groups excluding tert-OH is 1. The normalized spacial score (nSPS) is 25.5. The molecule has 3 heteroatoms. The second kappa shape index (κ2) is 4.42. The third kappa shape index (κ3) is 2.44. The van der Waals surface area contributed by atoms with Crippen LogP contribution in [-0.2, 0) is 0 Å². The minimum atomic E-state index is -0.346. The summed E-state index contributed by atoms with van der Waals surface area (Å²) in [7, 11) is 0. The first-order valence-corrected chi connectivity index (χ1v) is 5.65. The van der Waals surface area contributed by atoms with E-state index in [4.69, 9.17) is 16.3 Å². The first-order valence-electron chi connectivity index (χ1n) is 5.27. The SMILES string of the molecule is Cc1ccc(Cl)c(O[C@@H]2CCC[C@H]2O)c1. The molecule has 1 aromatic rings. The molecule has 1 aliphatic rings. The average Bonchev–Trinajstić information content (AvgIpc) is 2.58. The van der Waals surface area contributed by atoms with Gasteiger partial charge in [-0.05, 0) is 43.9 Å². The Morgan fingerprint density at radius 2 is 2.20 bits per heavy atom. The Hall–Kier alpha value is -0.730. The summed E-state index contributed by atoms with van der Waals surface area (Å²) in [6.45, 7) is 1.99. The van der Waals surface area contributed by atoms with Gasteiger partial charge in [0.15, 0.2) is 0 Å². The van der Waals surface area contributed by atoms with E-state index in [9.17, 15) is 5.11 Å². The maximum atomic E-state index is 9.64. The van der Waals surface area contributed by atoms with E-state index in [1.807, 2.05) is 25.1 Å². The van der Waals surface area contributed by atoms with Gasteiger partial charge >= 0.3 is 0 Å². The fourth-order valence-electron chi connectivity index (χ4n) is 1.91. The molecule has 15 heavy (non-hydrogen) atoms. The Morgan fingerprint density at radius 1 is 1.40 bits per heavy atom. The summed E-state index contributed by atoms with van der Waals surface area (Å²) in [5, 5.41) is 10.3. The molecule has 0 aromatic heterocycles. The lowest BCUT2D eigenvalue weighted by Gasteiger charge is -2.18. The Kier molecular flexibility index (Phi) is 3.17. The summed E-state index contributed by atoms with van der Waals surface area (Å²) in [5.74, 6) is 0.683. The highest BCUT2D eigenvalue weighted by atomic mass is 35.5. The van der Waals surface area contributed by atoms with Crippen LogP contribution in [0, 0.1) is 6.92 Å². The number of halogens is 1. The van der Waals surface area contributed by atoms with Crippen molar-refractivity contribution in [2.75, 3.05) is 0 Å². The fourth-order valence-corrected chi connectivity index (χ4v) is 2.07. The van der Waals surface area contributed by atoms with Crippen molar-refractivity contribution in [2.45, 2.75) is 38.4 Å². The summed E-state index contributed by atoms with van der Waals surface area (Å²) in [6.07, 6.45) is 2.32. The van der Waals surface area contributed by atoms with Crippen molar-refractivity contribution in [3.05, 3.63) is 28.8 Å². The average molecular weight is 227 g/mol. The van der Waals surface area contributed by atoms with E-state index in [2.05, 4.69) is 0 Å². The van der Waals surface area contributed by atoms with E-state index in [0.29, 0.717) is 10.8 Å². The van der Waals surface area contributed by atoms with Crippen LogP contribution in [0.3, 0.4) is 0 Å². The number of aliphatic hydroxyl groups is 1. The third-order valence-electron chi connectivity index (χ3n) is 2.78. The molecule has 0 radical (unpaired) electrons. The molecule has 1 fully saturated rings. The zero-order chi connectivity index (χ0) is 10.8. The quantitative estimate of drug-likeness (QED) is 0.840. The molecule has 1 aliphatic carbocycles. The summed E-state index contributed by atoms with van der Waals surface area (Å²) in [4.78, 5) is 0. The number of benzene rings is 1. The minimum Gasteiger partial charge on any atom is -0.486 e. The van der Waals surface area contributed by atoms with Gasteiger partial charge in [0.05, 0.1) is 11.1 Å². The van der Waals surface area contributed by atoms with Crippen molar-refractivity contribution in [3.8, 4) is 5.75 Å². The van der Waals surface area contributed by atoms with Crippen LogP contribution in [0.5, 0.6) is 5.75 Å². The van der Waals surface area contributed by atoms with Crippen molar-refractivity contribution in [1.29, 1.82) is 0 Å². The zero-order valence-electron chi connectivity index (χ0n) is 8.74. The van der Waals surface area contributed by atoms with E-state index in [1.54, 1.807) is 0 Å². The lowest BCUT2D eigenvalue weighted by molar-refractivity contribution is 0.0604. The highest BCUT2D eigenvalue weighted by molar-refractivity contribution is 6.32. The van der Waals surface area contributed by atoms with E-state index in [1.165, 1.54) is 0 Å². The summed E-state index contributed by atoms with van der Waals surface area (Å²) < 4.78 is 5.72. The number of rotatable bonds is 2. The predicted molar refractivity (Wildman–Crippen MR) is 60.5 cm³/mol. The van der Waals surface area contributed by atoms with Crippen LogP contribution < -0.4 is 4.74 Å². The monoisotopic (exact) mass is 226 g/mol. The van der Waals surface area contributed by atoms with Gasteiger partial charge in [-0.25, -0.2) is 0 Å². The van der Waals surface area contributed by atoms with Crippen molar-refractivity contribution in [3.63, 3.8) is 0 Å². The lowest BCUT2D eigenvalue weighted by atomic mass is 10.2. The number of hydrogen-bond donors (Lipinski definition) is 1. The molecule has 0 unspecified atom stereocenters. The van der Waals surface area contributed by atoms with Crippen LogP contribution in [-0.4, -0.2) is 17.3 Å². The molecule has 0 heterocycles. The fraction of sp³-hybridized carbons (Fsp3) is 0.500. The van der Waals surface area contributed by atoms with Crippen LogP contribution >= 0.6 is 11.6 Å². The minimum absolute atomic E-state index is 0.0932. The molecule has 1 saturated carbocycles. The van der Waals surface area contributed by atoms with Crippen molar-refractivity contribution in [2.24, 2.45) is 0 Å². The standard InChI is InChI=1S/C12H15ClO2/c1-8-5-6-9(13)12(7-8)15-11-4-2-3-10(11)14/h5-7,10-11,14H,2-4H2,1H3/t10-,11-/m1/s1. The molecule has 0 aliphatic heterocycles. The molecule has 0 bridgehead atoms. The van der Waals surface area contributed by atoms with Gasteiger partial charge in [-0.2, -0.15) is 0 Å². The van der Waals surface area contributed by atoms with Crippen LogP contribution in [0.1, 0.15) is 24.8 Å². The molecule has 2 rings (SSSR count). The van der Waals surface area contributed by atoms with E-state index in [-0.39, 0.29) is 12.2 Å². The van der Waals surface area contributed by atoms with Crippen molar-refractivity contribution in [1.82, 2.24) is 0 Å². The summed E-state index contributed by atoms with van der Waals surface area (Å²) in [6, 6.07) is 5.68. The zero-order valence-corrected chi connectivity index (χ0v) is 9.50. The Bertz CT molecular complexity index is 351. The van der Waals surface area contributed by atoms with Crippen LogP contribution in [0.2, 0.25) is 5.02 Å². The van der Waals surface area contributed by atoms with Crippen LogP contribution in [0.25, 0.3) is 0 Å². The van der Waals surface area contributed by atoms with Gasteiger partial charge in [0.2, 0.25) is 0 Å². The molecule has 1 aromatic carbocycles. The number of hydrogen-bond acceptors (Lipinski definition) is 2. The molecule has 82 valence electrons. The second-order valence-electron chi connectivity index (χ2n) is 4.09. The first kappa shape index (κ1) is 10.8. The second-order valence-corrected chi connectivity index (χ2v) is 4.50. The van der Waals surface area contributed by atoms with E-state index < -0.39 is 0 Å². The summed E-state index contributed by atoms with van der Waals surface area (Å²) in [5.41, 5.74) is 1.11. The van der Waals surface area contributed by atoms with Gasteiger partial charge < -0.3 is 9.84 Å². The highest BCUT2D eigenvalue weighted by Gasteiger charge is 2.27. The molecule has 0 saturated heterocycles. The molecule has 1 N–H and O–H groups in total. The molecule has 0 spiro atoms. The molecule has 2 atom stereocenters. The van der Waals surface area contributed by atoms with Crippen LogP contribution in [0.15, 0.2) is 18.2 Å². The summed E-state index contributed by atoms with van der Waals surface area (Å²) >= 11 is 6.02. The van der Waals surface area contributed by atoms with Crippen molar-refractivity contribution >= 4 is 11.6 Å². The number of aryl methyl sites for hydroxylation is 1. The molecule has 2 nitrogen and oxygen atoms in total. The Labute approximate surface area is 94.8 Å². The lowest BCUT2D eigenvalue weighted by Crippen LogP contribution is -2.25. The third-order valence-corrected chi connectivity index (χ3v) is 3.09.